The zero-order valence-corrected chi connectivity index (χ0v) is 12.5. The van der Waals surface area contributed by atoms with Crippen molar-refractivity contribution in [2.75, 3.05) is 20.1 Å². The Kier molecular flexibility index (Phi) is 4.90. The summed E-state index contributed by atoms with van der Waals surface area (Å²) in [4.78, 5) is 14.1. The van der Waals surface area contributed by atoms with Gasteiger partial charge in [-0.1, -0.05) is 48.8 Å². The molecule has 1 rings (SSSR count). The number of hydrogen-bond acceptors (Lipinski definition) is 2. The lowest BCUT2D eigenvalue weighted by atomic mass is 9.96. The summed E-state index contributed by atoms with van der Waals surface area (Å²) in [5.41, 5.74) is 0.989. The van der Waals surface area contributed by atoms with E-state index in [2.05, 4.69) is 41.6 Å². The van der Waals surface area contributed by atoms with E-state index in [9.17, 15) is 4.79 Å². The van der Waals surface area contributed by atoms with E-state index in [0.717, 1.165) is 16.6 Å². The van der Waals surface area contributed by atoms with Crippen molar-refractivity contribution in [3.8, 4) is 0 Å². The van der Waals surface area contributed by atoms with Crippen LogP contribution in [0.25, 0.3) is 0 Å². The van der Waals surface area contributed by atoms with Crippen LogP contribution < -0.4 is 0 Å². The highest BCUT2D eigenvalue weighted by atomic mass is 79.9. The summed E-state index contributed by atoms with van der Waals surface area (Å²) in [5.74, 6) is 0.171. The van der Waals surface area contributed by atoms with Crippen LogP contribution in [0.5, 0.6) is 0 Å². The van der Waals surface area contributed by atoms with E-state index in [-0.39, 0.29) is 11.2 Å². The zero-order chi connectivity index (χ0) is 13.1. The predicted molar refractivity (Wildman–Crippen MR) is 75.4 cm³/mol. The van der Waals surface area contributed by atoms with Crippen LogP contribution in [-0.4, -0.2) is 30.8 Å². The molecule has 2 nitrogen and oxygen atoms in total. The second-order valence-electron chi connectivity index (χ2n) is 5.66. The van der Waals surface area contributed by atoms with E-state index in [1.165, 1.54) is 0 Å². The molecule has 0 bridgehead atoms. The van der Waals surface area contributed by atoms with Crippen molar-refractivity contribution in [1.29, 1.82) is 0 Å². The van der Waals surface area contributed by atoms with Crippen molar-refractivity contribution in [1.82, 2.24) is 4.90 Å². The Morgan fingerprint density at radius 3 is 2.24 bits per heavy atom. The highest BCUT2D eigenvalue weighted by molar-refractivity contribution is 9.10. The molecule has 0 atom stereocenters. The van der Waals surface area contributed by atoms with Gasteiger partial charge in [0.2, 0.25) is 0 Å². The fraction of sp³-hybridized carbons (Fsp3) is 0.500. The third-order valence-corrected chi connectivity index (χ3v) is 2.85. The van der Waals surface area contributed by atoms with Crippen LogP contribution in [0.3, 0.4) is 0 Å². The van der Waals surface area contributed by atoms with Crippen molar-refractivity contribution in [2.45, 2.75) is 20.8 Å². The molecule has 0 saturated carbocycles. The molecule has 17 heavy (non-hydrogen) atoms. The Balaban J connectivity index is 2.57. The van der Waals surface area contributed by atoms with Gasteiger partial charge in [0.25, 0.3) is 0 Å². The van der Waals surface area contributed by atoms with Gasteiger partial charge in [-0.05, 0) is 24.6 Å². The SMILES string of the molecule is CN(CC(=O)c1ccc(Br)cc1)CC(C)(C)C. The molecule has 0 aliphatic heterocycles. The number of rotatable bonds is 4. The number of benzene rings is 1. The number of hydrogen-bond donors (Lipinski definition) is 0. The maximum atomic E-state index is 12.0. The van der Waals surface area contributed by atoms with Gasteiger partial charge in [0.1, 0.15) is 0 Å². The van der Waals surface area contributed by atoms with E-state index in [4.69, 9.17) is 0 Å². The number of Topliss-reactive ketones (excluding diaryl/α,β-unsaturated/α-hetero) is 1. The van der Waals surface area contributed by atoms with E-state index < -0.39 is 0 Å². The van der Waals surface area contributed by atoms with Crippen LogP contribution >= 0.6 is 15.9 Å². The van der Waals surface area contributed by atoms with E-state index in [0.29, 0.717) is 6.54 Å². The van der Waals surface area contributed by atoms with Crippen LogP contribution in [0.1, 0.15) is 31.1 Å². The van der Waals surface area contributed by atoms with Gasteiger partial charge in [-0.3, -0.25) is 9.69 Å². The summed E-state index contributed by atoms with van der Waals surface area (Å²) in [6.07, 6.45) is 0. The molecule has 0 spiro atoms. The van der Waals surface area contributed by atoms with Crippen LogP contribution in [0.4, 0.5) is 0 Å². The monoisotopic (exact) mass is 297 g/mol. The highest BCUT2D eigenvalue weighted by Crippen LogP contribution is 2.15. The molecule has 0 fully saturated rings. The van der Waals surface area contributed by atoms with Gasteiger partial charge < -0.3 is 0 Å². The summed E-state index contributed by atoms with van der Waals surface area (Å²) < 4.78 is 0.997. The minimum absolute atomic E-state index is 0.171. The first kappa shape index (κ1) is 14.4. The molecule has 3 heteroatoms. The number of carbonyl (C=O) groups excluding carboxylic acids is 1. The second kappa shape index (κ2) is 5.78. The molecule has 0 N–H and O–H groups in total. The molecule has 1 aromatic rings. The highest BCUT2D eigenvalue weighted by Gasteiger charge is 2.16. The van der Waals surface area contributed by atoms with Gasteiger partial charge in [-0.25, -0.2) is 0 Å². The third-order valence-electron chi connectivity index (χ3n) is 2.32. The largest absolute Gasteiger partial charge is 0.298 e. The predicted octanol–water partition coefficient (Wildman–Crippen LogP) is 3.61. The summed E-state index contributed by atoms with van der Waals surface area (Å²) in [7, 11) is 1.99. The van der Waals surface area contributed by atoms with Crippen molar-refractivity contribution in [2.24, 2.45) is 5.41 Å². The van der Waals surface area contributed by atoms with Crippen LogP contribution in [0.15, 0.2) is 28.7 Å². The van der Waals surface area contributed by atoms with Crippen LogP contribution in [0.2, 0.25) is 0 Å². The lowest BCUT2D eigenvalue weighted by Crippen LogP contribution is -2.33. The quantitative estimate of drug-likeness (QED) is 0.791. The van der Waals surface area contributed by atoms with Gasteiger partial charge in [0, 0.05) is 16.6 Å². The molecular weight excluding hydrogens is 278 g/mol. The van der Waals surface area contributed by atoms with Gasteiger partial charge in [0.15, 0.2) is 5.78 Å². The van der Waals surface area contributed by atoms with E-state index in [1.54, 1.807) is 0 Å². The fourth-order valence-electron chi connectivity index (χ4n) is 1.84. The third kappa shape index (κ3) is 5.46. The topological polar surface area (TPSA) is 20.3 Å². The zero-order valence-electron chi connectivity index (χ0n) is 11.0. The van der Waals surface area contributed by atoms with Crippen molar-refractivity contribution in [3.05, 3.63) is 34.3 Å². The lowest BCUT2D eigenvalue weighted by Gasteiger charge is -2.25. The molecule has 0 aliphatic rings. The van der Waals surface area contributed by atoms with Crippen molar-refractivity contribution < 1.29 is 4.79 Å². The van der Waals surface area contributed by atoms with Gasteiger partial charge in [-0.15, -0.1) is 0 Å². The number of likely N-dealkylation sites (N-methyl/N-ethyl adjacent to an activating group) is 1. The average Bonchev–Trinajstić information content (AvgIpc) is 2.15. The molecule has 0 amide bonds. The second-order valence-corrected chi connectivity index (χ2v) is 6.58. The van der Waals surface area contributed by atoms with Crippen LogP contribution in [-0.2, 0) is 0 Å². The number of ketones is 1. The van der Waals surface area contributed by atoms with Gasteiger partial charge >= 0.3 is 0 Å². The van der Waals surface area contributed by atoms with Crippen molar-refractivity contribution >= 4 is 21.7 Å². The summed E-state index contributed by atoms with van der Waals surface area (Å²) >= 11 is 3.36. The van der Waals surface area contributed by atoms with E-state index in [1.807, 2.05) is 31.3 Å². The molecule has 0 unspecified atom stereocenters. The first-order valence-corrected chi connectivity index (χ1v) is 6.54. The summed E-state index contributed by atoms with van der Waals surface area (Å²) in [6.45, 7) is 7.91. The standard InChI is InChI=1S/C14H20BrNO/c1-14(2,3)10-16(4)9-13(17)11-5-7-12(15)8-6-11/h5-8H,9-10H2,1-4H3. The minimum atomic E-state index is 0.171. The molecule has 0 aliphatic carbocycles. The molecule has 0 heterocycles. The van der Waals surface area contributed by atoms with Crippen molar-refractivity contribution in [3.63, 3.8) is 0 Å². The normalized spacial score (nSPS) is 11.9. The van der Waals surface area contributed by atoms with Gasteiger partial charge in [-0.2, -0.15) is 0 Å². The molecular formula is C14H20BrNO. The fourth-order valence-corrected chi connectivity index (χ4v) is 2.10. The maximum Gasteiger partial charge on any atom is 0.176 e. The first-order valence-electron chi connectivity index (χ1n) is 5.75. The Labute approximate surface area is 112 Å². The molecule has 0 radical (unpaired) electrons. The first-order chi connectivity index (χ1) is 7.78. The Morgan fingerprint density at radius 1 is 1.24 bits per heavy atom. The summed E-state index contributed by atoms with van der Waals surface area (Å²) in [5, 5.41) is 0. The minimum Gasteiger partial charge on any atom is -0.298 e. The number of nitrogens with zero attached hydrogens (tertiary/aromatic N) is 1. The maximum absolute atomic E-state index is 12.0. The van der Waals surface area contributed by atoms with Gasteiger partial charge in [0.05, 0.1) is 6.54 Å². The lowest BCUT2D eigenvalue weighted by molar-refractivity contribution is 0.0927. The van der Waals surface area contributed by atoms with E-state index >= 15 is 0 Å². The Hall–Kier alpha value is -0.670. The van der Waals surface area contributed by atoms with Crippen LogP contribution in [0, 0.1) is 5.41 Å². The summed E-state index contributed by atoms with van der Waals surface area (Å²) in [6, 6.07) is 7.52. The average molecular weight is 298 g/mol. The molecule has 0 saturated heterocycles. The number of halogens is 1. The molecule has 1 aromatic carbocycles. The molecule has 94 valence electrons. The Morgan fingerprint density at radius 2 is 1.76 bits per heavy atom. The Bertz CT molecular complexity index is 378. The smallest absolute Gasteiger partial charge is 0.176 e. The molecule has 0 aromatic heterocycles. The number of carbonyl (C=O) groups is 1.